The van der Waals surface area contributed by atoms with Crippen LogP contribution in [-0.4, -0.2) is 47.9 Å². The van der Waals surface area contributed by atoms with Gasteiger partial charge in [-0.25, -0.2) is 14.8 Å². The van der Waals surface area contributed by atoms with Gasteiger partial charge in [-0.2, -0.15) is 0 Å². The fourth-order valence-corrected chi connectivity index (χ4v) is 3.25. The van der Waals surface area contributed by atoms with E-state index in [4.69, 9.17) is 0 Å². The number of carboxylic acids is 1. The maximum absolute atomic E-state index is 12.7. The van der Waals surface area contributed by atoms with Gasteiger partial charge in [-0.3, -0.25) is 14.2 Å². The van der Waals surface area contributed by atoms with Crippen molar-refractivity contribution >= 4 is 22.8 Å². The number of amides is 1. The number of carboxylic acid groups (broad SMARTS) is 1. The van der Waals surface area contributed by atoms with Crippen LogP contribution in [0.15, 0.2) is 41.7 Å². The summed E-state index contributed by atoms with van der Waals surface area (Å²) in [5.74, 6) is -1.62. The first-order valence-electron chi connectivity index (χ1n) is 8.05. The summed E-state index contributed by atoms with van der Waals surface area (Å²) in [5, 5.41) is 9.96. The number of hydrogen-bond donors (Lipinski definition) is 2. The van der Waals surface area contributed by atoms with E-state index in [1.165, 1.54) is 22.1 Å². The van der Waals surface area contributed by atoms with Crippen molar-refractivity contribution in [1.29, 1.82) is 0 Å². The number of carbonyl (C=O) groups excluding carboxylic acids is 1. The minimum absolute atomic E-state index is 0.237. The second-order valence-electron chi connectivity index (χ2n) is 6.04. The lowest BCUT2D eigenvalue weighted by atomic mass is 10.0. The molecule has 0 saturated heterocycles. The van der Waals surface area contributed by atoms with Gasteiger partial charge >= 0.3 is 5.97 Å². The van der Waals surface area contributed by atoms with E-state index < -0.39 is 17.9 Å². The molecule has 1 atom stereocenters. The lowest BCUT2D eigenvalue weighted by Gasteiger charge is -2.32. The molecule has 1 aliphatic heterocycles. The van der Waals surface area contributed by atoms with Gasteiger partial charge in [0.1, 0.15) is 6.54 Å². The maximum Gasteiger partial charge on any atom is 0.332 e. The molecule has 0 aliphatic carbocycles. The summed E-state index contributed by atoms with van der Waals surface area (Å²) in [4.78, 5) is 49.3. The summed E-state index contributed by atoms with van der Waals surface area (Å²) in [6, 6.07) is 5.69. The minimum atomic E-state index is -1.17. The number of hydrogen-bond acceptors (Lipinski definition) is 5. The molecule has 2 N–H and O–H groups in total. The molecule has 1 aliphatic rings. The Balaban J connectivity index is 1.65. The van der Waals surface area contributed by atoms with Gasteiger partial charge in [0.2, 0.25) is 5.91 Å². The number of para-hydroxylation sites is 1. The minimum Gasteiger partial charge on any atom is -0.479 e. The zero-order valence-corrected chi connectivity index (χ0v) is 13.6. The van der Waals surface area contributed by atoms with E-state index >= 15 is 0 Å². The van der Waals surface area contributed by atoms with Crippen LogP contribution in [0, 0.1) is 0 Å². The lowest BCUT2D eigenvalue weighted by Crippen LogP contribution is -2.45. The Labute approximate surface area is 146 Å². The van der Waals surface area contributed by atoms with Gasteiger partial charge in [0, 0.05) is 18.7 Å². The number of aromatic nitrogens is 4. The Morgan fingerprint density at radius 1 is 1.27 bits per heavy atom. The van der Waals surface area contributed by atoms with Gasteiger partial charge in [0.05, 0.1) is 29.3 Å². The van der Waals surface area contributed by atoms with Crippen molar-refractivity contribution in [2.45, 2.75) is 19.0 Å². The number of H-pyrrole nitrogens is 1. The molecule has 9 heteroatoms. The average Bonchev–Trinajstić information content (AvgIpc) is 3.11. The quantitative estimate of drug-likeness (QED) is 0.700. The Morgan fingerprint density at radius 3 is 2.88 bits per heavy atom. The molecule has 0 saturated carbocycles. The van der Waals surface area contributed by atoms with Crippen LogP contribution < -0.4 is 5.56 Å². The molecule has 132 valence electrons. The Morgan fingerprint density at radius 2 is 2.08 bits per heavy atom. The van der Waals surface area contributed by atoms with Crippen LogP contribution in [0.25, 0.3) is 10.9 Å². The molecule has 0 fully saturated rings. The van der Waals surface area contributed by atoms with E-state index in [0.717, 1.165) is 0 Å². The molecule has 1 amide bonds. The zero-order valence-electron chi connectivity index (χ0n) is 13.6. The zero-order chi connectivity index (χ0) is 18.3. The fourth-order valence-electron chi connectivity index (χ4n) is 3.25. The van der Waals surface area contributed by atoms with Crippen LogP contribution in [0.5, 0.6) is 0 Å². The third-order valence-corrected chi connectivity index (χ3v) is 4.52. The van der Waals surface area contributed by atoms with Gasteiger partial charge < -0.3 is 15.0 Å². The lowest BCUT2D eigenvalue weighted by molar-refractivity contribution is -0.151. The highest BCUT2D eigenvalue weighted by Crippen LogP contribution is 2.27. The number of nitrogens with zero attached hydrogens (tertiary/aromatic N) is 4. The van der Waals surface area contributed by atoms with Crippen molar-refractivity contribution in [3.05, 3.63) is 58.7 Å². The van der Waals surface area contributed by atoms with Crippen LogP contribution in [0.2, 0.25) is 0 Å². The van der Waals surface area contributed by atoms with Crippen molar-refractivity contribution in [3.63, 3.8) is 0 Å². The van der Waals surface area contributed by atoms with Crippen LogP contribution in [-0.2, 0) is 22.6 Å². The summed E-state index contributed by atoms with van der Waals surface area (Å²) in [6.07, 6.45) is 3.21. The molecule has 0 radical (unpaired) electrons. The molecular weight excluding hydrogens is 338 g/mol. The van der Waals surface area contributed by atoms with Crippen LogP contribution in [0.4, 0.5) is 0 Å². The van der Waals surface area contributed by atoms with Crippen LogP contribution in [0.3, 0.4) is 0 Å². The summed E-state index contributed by atoms with van der Waals surface area (Å²) in [5.41, 5.74) is 1.25. The van der Waals surface area contributed by atoms with E-state index in [1.54, 1.807) is 24.3 Å². The standard InChI is InChI=1S/C17H15N5O4/c23-13(7-21-9-20-11-4-2-1-3-10(11)16(21)24)22-6-5-12-14(19-8-18-12)15(22)17(25)26/h1-4,8-9,15H,5-7H2,(H,18,19)(H,25,26)/t15-/m1/s1. The highest BCUT2D eigenvalue weighted by molar-refractivity contribution is 5.85. The average molecular weight is 353 g/mol. The predicted octanol–water partition coefficient (Wildman–Crippen LogP) is 0.330. The Hall–Kier alpha value is -3.49. The fraction of sp³-hybridized carbons (Fsp3) is 0.235. The largest absolute Gasteiger partial charge is 0.479 e. The van der Waals surface area contributed by atoms with Gasteiger partial charge in [-0.05, 0) is 12.1 Å². The third kappa shape index (κ3) is 2.53. The molecule has 0 bridgehead atoms. The number of imidazole rings is 1. The normalized spacial score (nSPS) is 16.5. The Kier molecular flexibility index (Phi) is 3.76. The number of fused-ring (bicyclic) bond motifs is 2. The van der Waals surface area contributed by atoms with Crippen LogP contribution >= 0.6 is 0 Å². The SMILES string of the molecule is O=C(O)[C@H]1c2nc[nH]c2CCN1C(=O)Cn1cnc2ccccc2c1=O. The van der Waals surface area contributed by atoms with Crippen molar-refractivity contribution in [2.24, 2.45) is 0 Å². The number of benzene rings is 1. The highest BCUT2D eigenvalue weighted by atomic mass is 16.4. The van der Waals surface area contributed by atoms with Crippen molar-refractivity contribution < 1.29 is 14.7 Å². The first-order chi connectivity index (χ1) is 12.6. The van der Waals surface area contributed by atoms with Gasteiger partial charge in [0.15, 0.2) is 6.04 Å². The van der Waals surface area contributed by atoms with Crippen LogP contribution in [0.1, 0.15) is 17.4 Å². The summed E-state index contributed by atoms with van der Waals surface area (Å²) in [7, 11) is 0. The summed E-state index contributed by atoms with van der Waals surface area (Å²) in [6.45, 7) is -0.0407. The van der Waals surface area contributed by atoms with Gasteiger partial charge in [-0.1, -0.05) is 12.1 Å². The van der Waals surface area contributed by atoms with Crippen molar-refractivity contribution in [2.75, 3.05) is 6.54 Å². The topological polar surface area (TPSA) is 121 Å². The summed E-state index contributed by atoms with van der Waals surface area (Å²) >= 11 is 0. The monoisotopic (exact) mass is 353 g/mol. The molecule has 3 aromatic rings. The second-order valence-corrected chi connectivity index (χ2v) is 6.04. The number of nitrogens with one attached hydrogen (secondary N) is 1. The van der Waals surface area contributed by atoms with E-state index in [9.17, 15) is 19.5 Å². The highest BCUT2D eigenvalue weighted by Gasteiger charge is 2.37. The Bertz CT molecular complexity index is 1070. The number of aromatic amines is 1. The molecule has 0 unspecified atom stereocenters. The van der Waals surface area contributed by atoms with E-state index in [0.29, 0.717) is 28.7 Å². The van der Waals surface area contributed by atoms with E-state index in [1.807, 2.05) is 0 Å². The number of rotatable bonds is 3. The van der Waals surface area contributed by atoms with Crippen molar-refractivity contribution in [1.82, 2.24) is 24.4 Å². The maximum atomic E-state index is 12.7. The first kappa shape index (κ1) is 16.0. The number of aliphatic carboxylic acids is 1. The van der Waals surface area contributed by atoms with E-state index in [2.05, 4.69) is 15.0 Å². The predicted molar refractivity (Wildman–Crippen MR) is 90.4 cm³/mol. The van der Waals surface area contributed by atoms with Gasteiger partial charge in [0.25, 0.3) is 5.56 Å². The van der Waals surface area contributed by atoms with Crippen molar-refractivity contribution in [3.8, 4) is 0 Å². The smallest absolute Gasteiger partial charge is 0.332 e. The summed E-state index contributed by atoms with van der Waals surface area (Å²) < 4.78 is 1.20. The van der Waals surface area contributed by atoms with E-state index in [-0.39, 0.29) is 18.6 Å². The first-order valence-corrected chi connectivity index (χ1v) is 8.05. The molecular formula is C17H15N5O4. The molecule has 2 aromatic heterocycles. The third-order valence-electron chi connectivity index (χ3n) is 4.52. The molecule has 3 heterocycles. The number of carbonyl (C=O) groups is 2. The molecule has 4 rings (SSSR count). The molecule has 26 heavy (non-hydrogen) atoms. The molecule has 9 nitrogen and oxygen atoms in total. The van der Waals surface area contributed by atoms with Gasteiger partial charge in [-0.15, -0.1) is 0 Å². The molecule has 1 aromatic carbocycles. The second kappa shape index (κ2) is 6.10. The molecule has 0 spiro atoms.